The Balaban J connectivity index is 0.00000450. The molecular weight excluding hydrogens is 515 g/mol. The number of halogens is 2. The lowest BCUT2D eigenvalue weighted by Gasteiger charge is -2.19. The van der Waals surface area contributed by atoms with Crippen molar-refractivity contribution in [3.05, 3.63) is 70.2 Å². The van der Waals surface area contributed by atoms with Crippen molar-refractivity contribution >= 4 is 47.4 Å². The topological polar surface area (TPSA) is 66.0 Å². The maximum Gasteiger partial charge on any atom is 0.253 e. The molecule has 2 N–H and O–H groups in total. The predicted octanol–water partition coefficient (Wildman–Crippen LogP) is 4.10. The molecule has 1 amide bonds. The van der Waals surface area contributed by atoms with E-state index in [1.807, 2.05) is 55.5 Å². The minimum Gasteiger partial charge on any atom is -0.375 e. The van der Waals surface area contributed by atoms with Crippen LogP contribution in [0.2, 0.25) is 5.02 Å². The summed E-state index contributed by atoms with van der Waals surface area (Å²) in [5.74, 6) is 0.687. The van der Waals surface area contributed by atoms with Crippen LogP contribution in [0.25, 0.3) is 0 Å². The van der Waals surface area contributed by atoms with Crippen LogP contribution in [0.4, 0.5) is 0 Å². The van der Waals surface area contributed by atoms with E-state index in [0.717, 1.165) is 17.7 Å². The maximum atomic E-state index is 12.0. The zero-order chi connectivity index (χ0) is 21.2. The average molecular weight is 545 g/mol. The second-order valence-electron chi connectivity index (χ2n) is 6.75. The van der Waals surface area contributed by atoms with Crippen LogP contribution in [-0.4, -0.2) is 51.1 Å². The van der Waals surface area contributed by atoms with Crippen molar-refractivity contribution in [2.75, 3.05) is 34.3 Å². The van der Waals surface area contributed by atoms with Crippen molar-refractivity contribution < 1.29 is 9.53 Å². The van der Waals surface area contributed by atoms with Gasteiger partial charge in [0.25, 0.3) is 5.91 Å². The van der Waals surface area contributed by atoms with Crippen molar-refractivity contribution in [1.82, 2.24) is 15.5 Å². The molecule has 2 aromatic rings. The van der Waals surface area contributed by atoms with Crippen LogP contribution in [0.1, 0.15) is 34.5 Å². The second-order valence-corrected chi connectivity index (χ2v) is 7.19. The Morgan fingerprint density at radius 3 is 2.43 bits per heavy atom. The molecule has 0 radical (unpaired) electrons. The van der Waals surface area contributed by atoms with Gasteiger partial charge in [-0.15, -0.1) is 24.0 Å². The van der Waals surface area contributed by atoms with Gasteiger partial charge in [-0.1, -0.05) is 35.9 Å². The molecule has 0 saturated carbocycles. The summed E-state index contributed by atoms with van der Waals surface area (Å²) < 4.78 is 5.60. The van der Waals surface area contributed by atoms with Crippen molar-refractivity contribution in [1.29, 1.82) is 0 Å². The molecule has 164 valence electrons. The number of hydrogen-bond donors (Lipinski definition) is 2. The van der Waals surface area contributed by atoms with Gasteiger partial charge in [-0.05, 0) is 42.3 Å². The number of benzene rings is 2. The lowest BCUT2D eigenvalue weighted by atomic mass is 10.1. The van der Waals surface area contributed by atoms with Gasteiger partial charge in [-0.2, -0.15) is 0 Å². The molecule has 0 bridgehead atoms. The fourth-order valence-electron chi connectivity index (χ4n) is 2.76. The molecule has 0 aliphatic rings. The number of aliphatic imine (C=N–C) groups is 1. The fraction of sp³-hybridized carbons (Fsp3) is 0.364. The summed E-state index contributed by atoms with van der Waals surface area (Å²) in [6, 6.07) is 15.1. The second kappa shape index (κ2) is 13.5. The third-order valence-electron chi connectivity index (χ3n) is 4.33. The third-order valence-corrected chi connectivity index (χ3v) is 4.57. The van der Waals surface area contributed by atoms with E-state index in [1.54, 1.807) is 26.1 Å². The fourth-order valence-corrected chi connectivity index (χ4v) is 2.96. The predicted molar refractivity (Wildman–Crippen MR) is 134 cm³/mol. The standard InChI is InChI=1S/C22H29ClN4O2.HI/c1-5-24-22(26-15-20(29-4)18-7-6-8-19(23)13-18)25-14-16-9-11-17(12-10-16)21(28)27(2)3;/h6-13,20H,5,14-15H2,1-4H3,(H2,24,25,26);1H. The Labute approximate surface area is 201 Å². The van der Waals surface area contributed by atoms with Gasteiger partial charge in [0.2, 0.25) is 0 Å². The van der Waals surface area contributed by atoms with E-state index in [2.05, 4.69) is 15.6 Å². The van der Waals surface area contributed by atoms with Crippen molar-refractivity contribution in [3.63, 3.8) is 0 Å². The summed E-state index contributed by atoms with van der Waals surface area (Å²) in [4.78, 5) is 18.2. The van der Waals surface area contributed by atoms with Crippen LogP contribution in [0.15, 0.2) is 53.5 Å². The highest BCUT2D eigenvalue weighted by Crippen LogP contribution is 2.19. The molecule has 0 aliphatic heterocycles. The lowest BCUT2D eigenvalue weighted by molar-refractivity contribution is 0.0827. The summed E-state index contributed by atoms with van der Waals surface area (Å²) in [5, 5.41) is 7.23. The van der Waals surface area contributed by atoms with Gasteiger partial charge in [-0.25, -0.2) is 4.99 Å². The zero-order valence-corrected chi connectivity index (χ0v) is 20.9. The van der Waals surface area contributed by atoms with Gasteiger partial charge in [0.15, 0.2) is 5.96 Å². The van der Waals surface area contributed by atoms with Gasteiger partial charge in [0.05, 0.1) is 12.6 Å². The van der Waals surface area contributed by atoms with Gasteiger partial charge in [0.1, 0.15) is 0 Å². The minimum absolute atomic E-state index is 0. The molecule has 0 aliphatic carbocycles. The zero-order valence-electron chi connectivity index (χ0n) is 17.8. The normalized spacial score (nSPS) is 12.0. The molecular formula is C22H30ClIN4O2. The van der Waals surface area contributed by atoms with Gasteiger partial charge in [0, 0.05) is 44.9 Å². The minimum atomic E-state index is -0.145. The number of guanidine groups is 1. The molecule has 8 heteroatoms. The van der Waals surface area contributed by atoms with Crippen LogP contribution in [0.5, 0.6) is 0 Å². The van der Waals surface area contributed by atoms with Gasteiger partial charge in [-0.3, -0.25) is 4.79 Å². The molecule has 0 heterocycles. The number of carbonyl (C=O) groups is 1. The molecule has 1 unspecified atom stereocenters. The molecule has 1 atom stereocenters. The number of amides is 1. The Bertz CT molecular complexity index is 828. The van der Waals surface area contributed by atoms with Crippen LogP contribution in [0.3, 0.4) is 0 Å². The highest BCUT2D eigenvalue weighted by atomic mass is 127. The first-order valence-electron chi connectivity index (χ1n) is 9.55. The summed E-state index contributed by atoms with van der Waals surface area (Å²) in [5.41, 5.74) is 2.69. The molecule has 0 spiro atoms. The average Bonchev–Trinajstić information content (AvgIpc) is 2.72. The number of nitrogens with one attached hydrogen (secondary N) is 2. The van der Waals surface area contributed by atoms with Gasteiger partial charge >= 0.3 is 0 Å². The smallest absolute Gasteiger partial charge is 0.253 e. The van der Waals surface area contributed by atoms with Crippen LogP contribution in [0, 0.1) is 0 Å². The number of carbonyl (C=O) groups excluding carboxylic acids is 1. The van der Waals surface area contributed by atoms with E-state index in [0.29, 0.717) is 29.6 Å². The van der Waals surface area contributed by atoms with Crippen LogP contribution in [-0.2, 0) is 11.3 Å². The molecule has 0 aromatic heterocycles. The summed E-state index contributed by atoms with van der Waals surface area (Å²) >= 11 is 6.09. The van der Waals surface area contributed by atoms with E-state index >= 15 is 0 Å². The molecule has 2 rings (SSSR count). The largest absolute Gasteiger partial charge is 0.375 e. The van der Waals surface area contributed by atoms with Crippen LogP contribution >= 0.6 is 35.6 Å². The Hall–Kier alpha value is -1.84. The maximum absolute atomic E-state index is 12.0. The van der Waals surface area contributed by atoms with E-state index in [4.69, 9.17) is 16.3 Å². The van der Waals surface area contributed by atoms with E-state index in [1.165, 1.54) is 0 Å². The quantitative estimate of drug-likeness (QED) is 0.298. The molecule has 0 fully saturated rings. The first-order valence-corrected chi connectivity index (χ1v) is 9.93. The highest BCUT2D eigenvalue weighted by molar-refractivity contribution is 14.0. The summed E-state index contributed by atoms with van der Waals surface area (Å²) in [6.45, 7) is 3.82. The third kappa shape index (κ3) is 8.12. The first-order chi connectivity index (χ1) is 13.9. The van der Waals surface area contributed by atoms with E-state index < -0.39 is 0 Å². The van der Waals surface area contributed by atoms with E-state index in [9.17, 15) is 4.79 Å². The van der Waals surface area contributed by atoms with Crippen LogP contribution < -0.4 is 10.6 Å². The summed E-state index contributed by atoms with van der Waals surface area (Å²) in [6.07, 6.45) is -0.145. The molecule has 30 heavy (non-hydrogen) atoms. The number of hydrogen-bond acceptors (Lipinski definition) is 3. The van der Waals surface area contributed by atoms with Crippen molar-refractivity contribution in [3.8, 4) is 0 Å². The SMILES string of the molecule is CCNC(=NCc1ccc(C(=O)N(C)C)cc1)NCC(OC)c1cccc(Cl)c1.I. The molecule has 0 saturated heterocycles. The Morgan fingerprint density at radius 2 is 1.87 bits per heavy atom. The highest BCUT2D eigenvalue weighted by Gasteiger charge is 2.12. The summed E-state index contributed by atoms with van der Waals surface area (Å²) in [7, 11) is 5.16. The van der Waals surface area contributed by atoms with E-state index in [-0.39, 0.29) is 36.0 Å². The monoisotopic (exact) mass is 544 g/mol. The molecule has 6 nitrogen and oxygen atoms in total. The van der Waals surface area contributed by atoms with Crippen molar-refractivity contribution in [2.24, 2.45) is 4.99 Å². The number of methoxy groups -OCH3 is 1. The first kappa shape index (κ1) is 26.2. The number of nitrogens with zero attached hydrogens (tertiary/aromatic N) is 2. The Morgan fingerprint density at radius 1 is 1.17 bits per heavy atom. The van der Waals surface area contributed by atoms with Crippen molar-refractivity contribution in [2.45, 2.75) is 19.6 Å². The van der Waals surface area contributed by atoms with Gasteiger partial charge < -0.3 is 20.3 Å². The number of ether oxygens (including phenoxy) is 1. The number of rotatable bonds is 8. The molecule has 2 aromatic carbocycles. The Kier molecular flexibility index (Phi) is 11.8. The lowest BCUT2D eigenvalue weighted by Crippen LogP contribution is -2.39.